The van der Waals surface area contributed by atoms with Crippen molar-refractivity contribution in [1.29, 1.82) is 5.26 Å². The molecule has 1 rings (SSSR count). The summed E-state index contributed by atoms with van der Waals surface area (Å²) in [5.74, 6) is -1.09. The van der Waals surface area contributed by atoms with Gasteiger partial charge < -0.3 is 4.74 Å². The van der Waals surface area contributed by atoms with E-state index in [0.29, 0.717) is 6.42 Å². The van der Waals surface area contributed by atoms with E-state index in [1.807, 2.05) is 0 Å². The Morgan fingerprint density at radius 2 is 2.05 bits per heavy atom. The molecular weight excluding hydrogens is 285 g/mol. The van der Waals surface area contributed by atoms with Crippen LogP contribution in [0.4, 0.5) is 13.2 Å². The minimum absolute atomic E-state index is 0.219. The maximum Gasteiger partial charge on any atom is 0.574 e. The van der Waals surface area contributed by atoms with E-state index < -0.39 is 32.7 Å². The molecule has 0 aliphatic rings. The van der Waals surface area contributed by atoms with Crippen LogP contribution in [0.3, 0.4) is 0 Å². The molecular formula is C10H9F3N2O3S. The lowest BCUT2D eigenvalue weighted by atomic mass is 10.4. The van der Waals surface area contributed by atoms with Crippen LogP contribution in [0.2, 0.25) is 0 Å². The van der Waals surface area contributed by atoms with E-state index in [-0.39, 0.29) is 5.75 Å². The van der Waals surface area contributed by atoms with Gasteiger partial charge in [0.2, 0.25) is 5.88 Å². The van der Waals surface area contributed by atoms with Gasteiger partial charge in [-0.05, 0) is 12.5 Å². The Kier molecular flexibility index (Phi) is 4.36. The molecule has 0 unspecified atom stereocenters. The number of pyridine rings is 1. The maximum atomic E-state index is 12.0. The number of hydrogen-bond donors (Lipinski definition) is 0. The number of alkyl halides is 3. The van der Waals surface area contributed by atoms with Crippen LogP contribution in [0.15, 0.2) is 17.0 Å². The molecule has 0 atom stereocenters. The molecule has 1 aromatic rings. The van der Waals surface area contributed by atoms with E-state index in [0.717, 1.165) is 12.1 Å². The van der Waals surface area contributed by atoms with Crippen LogP contribution in [-0.4, -0.2) is 25.5 Å². The quantitative estimate of drug-likeness (QED) is 0.849. The summed E-state index contributed by atoms with van der Waals surface area (Å²) in [5, 5.41) is 8.76. The minimum Gasteiger partial charge on any atom is -0.388 e. The standard InChI is InChI=1S/C10H9F3N2O3S/c1-2-5-19(16,17)8-3-4-9(15-7(8)6-14)18-10(11,12)13/h3-4H,2,5H2,1H3. The number of ether oxygens (including phenoxy) is 1. The summed E-state index contributed by atoms with van der Waals surface area (Å²) in [4.78, 5) is 2.85. The summed E-state index contributed by atoms with van der Waals surface area (Å²) >= 11 is 0. The molecule has 0 saturated carbocycles. The fourth-order valence-electron chi connectivity index (χ4n) is 1.31. The third-order valence-corrected chi connectivity index (χ3v) is 3.91. The van der Waals surface area contributed by atoms with E-state index >= 15 is 0 Å². The van der Waals surface area contributed by atoms with Gasteiger partial charge in [-0.2, -0.15) is 5.26 Å². The lowest BCUT2D eigenvalue weighted by Crippen LogP contribution is -2.18. The molecule has 0 radical (unpaired) electrons. The SMILES string of the molecule is CCCS(=O)(=O)c1ccc(OC(F)(F)F)nc1C#N. The van der Waals surface area contributed by atoms with Crippen molar-refractivity contribution in [2.45, 2.75) is 24.6 Å². The zero-order chi connectivity index (χ0) is 14.7. The molecule has 5 nitrogen and oxygen atoms in total. The number of halogens is 3. The number of hydrogen-bond acceptors (Lipinski definition) is 5. The molecule has 0 spiro atoms. The van der Waals surface area contributed by atoms with Crippen LogP contribution < -0.4 is 4.74 Å². The molecule has 0 aromatic carbocycles. The Balaban J connectivity index is 3.22. The number of nitrogens with zero attached hydrogens (tertiary/aromatic N) is 2. The first-order valence-electron chi connectivity index (χ1n) is 5.09. The lowest BCUT2D eigenvalue weighted by molar-refractivity contribution is -0.276. The van der Waals surface area contributed by atoms with Gasteiger partial charge in [-0.25, -0.2) is 13.4 Å². The molecule has 104 valence electrons. The topological polar surface area (TPSA) is 80.1 Å². The molecule has 0 aliphatic heterocycles. The summed E-state index contributed by atoms with van der Waals surface area (Å²) in [6, 6.07) is 3.10. The number of nitriles is 1. The molecule has 9 heteroatoms. The largest absolute Gasteiger partial charge is 0.574 e. The fraction of sp³-hybridized carbons (Fsp3) is 0.400. The van der Waals surface area contributed by atoms with Crippen molar-refractivity contribution < 1.29 is 26.3 Å². The molecule has 0 N–H and O–H groups in total. The van der Waals surface area contributed by atoms with E-state index in [1.165, 1.54) is 6.07 Å². The Labute approximate surface area is 107 Å². The van der Waals surface area contributed by atoms with Gasteiger partial charge in [0.05, 0.1) is 5.75 Å². The molecule has 0 saturated heterocycles. The average molecular weight is 294 g/mol. The second kappa shape index (κ2) is 5.44. The van der Waals surface area contributed by atoms with Crippen LogP contribution in [0.25, 0.3) is 0 Å². The molecule has 1 aromatic heterocycles. The highest BCUT2D eigenvalue weighted by molar-refractivity contribution is 7.91. The van der Waals surface area contributed by atoms with Crippen molar-refractivity contribution in [1.82, 2.24) is 4.98 Å². The van der Waals surface area contributed by atoms with Crippen molar-refractivity contribution in [3.8, 4) is 11.9 Å². The summed E-state index contributed by atoms with van der Waals surface area (Å²) in [6.45, 7) is 1.62. The molecule has 19 heavy (non-hydrogen) atoms. The van der Waals surface area contributed by atoms with Gasteiger partial charge in [0.1, 0.15) is 11.0 Å². The maximum absolute atomic E-state index is 12.0. The Morgan fingerprint density at radius 1 is 1.42 bits per heavy atom. The summed E-state index contributed by atoms with van der Waals surface area (Å²) in [6.07, 6.45) is -4.64. The van der Waals surface area contributed by atoms with Crippen LogP contribution in [-0.2, 0) is 9.84 Å². The zero-order valence-electron chi connectivity index (χ0n) is 9.73. The van der Waals surface area contributed by atoms with Gasteiger partial charge in [0.25, 0.3) is 0 Å². The van der Waals surface area contributed by atoms with Gasteiger partial charge in [-0.3, -0.25) is 0 Å². The van der Waals surface area contributed by atoms with E-state index in [2.05, 4.69) is 9.72 Å². The smallest absolute Gasteiger partial charge is 0.388 e. The summed E-state index contributed by atoms with van der Waals surface area (Å²) < 4.78 is 62.9. The third-order valence-electron chi connectivity index (χ3n) is 1.97. The lowest BCUT2D eigenvalue weighted by Gasteiger charge is -2.09. The second-order valence-electron chi connectivity index (χ2n) is 3.47. The fourth-order valence-corrected chi connectivity index (χ4v) is 2.73. The van der Waals surface area contributed by atoms with Crippen LogP contribution in [0, 0.1) is 11.3 Å². The predicted octanol–water partition coefficient (Wildman–Crippen LogP) is 2.04. The first-order valence-corrected chi connectivity index (χ1v) is 6.74. The highest BCUT2D eigenvalue weighted by Gasteiger charge is 2.32. The Hall–Kier alpha value is -1.82. The van der Waals surface area contributed by atoms with Gasteiger partial charge >= 0.3 is 6.36 Å². The minimum atomic E-state index is -4.95. The number of sulfone groups is 1. The summed E-state index contributed by atoms with van der Waals surface area (Å²) in [5.41, 5.74) is -0.616. The second-order valence-corrected chi connectivity index (χ2v) is 5.55. The average Bonchev–Trinajstić information content (AvgIpc) is 2.26. The highest BCUT2D eigenvalue weighted by Crippen LogP contribution is 2.24. The van der Waals surface area contributed by atoms with Crippen molar-refractivity contribution in [3.63, 3.8) is 0 Å². The molecule has 0 bridgehead atoms. The van der Waals surface area contributed by atoms with Crippen molar-refractivity contribution in [2.75, 3.05) is 5.75 Å². The Bertz CT molecular complexity index is 605. The normalized spacial score (nSPS) is 11.9. The number of aromatic nitrogens is 1. The third kappa shape index (κ3) is 4.10. The van der Waals surface area contributed by atoms with Crippen molar-refractivity contribution in [2.24, 2.45) is 0 Å². The van der Waals surface area contributed by atoms with Crippen molar-refractivity contribution in [3.05, 3.63) is 17.8 Å². The Morgan fingerprint density at radius 3 is 2.53 bits per heavy atom. The number of rotatable bonds is 4. The van der Waals surface area contributed by atoms with Crippen LogP contribution in [0.1, 0.15) is 19.0 Å². The van der Waals surface area contributed by atoms with Crippen molar-refractivity contribution >= 4 is 9.84 Å². The predicted molar refractivity (Wildman–Crippen MR) is 58.0 cm³/mol. The highest BCUT2D eigenvalue weighted by atomic mass is 32.2. The van der Waals surface area contributed by atoms with E-state index in [1.54, 1.807) is 6.92 Å². The van der Waals surface area contributed by atoms with Gasteiger partial charge in [0, 0.05) is 6.07 Å². The summed E-state index contributed by atoms with van der Waals surface area (Å²) in [7, 11) is -3.74. The monoisotopic (exact) mass is 294 g/mol. The van der Waals surface area contributed by atoms with Gasteiger partial charge in [0.15, 0.2) is 15.5 Å². The van der Waals surface area contributed by atoms with E-state index in [4.69, 9.17) is 5.26 Å². The first kappa shape index (κ1) is 15.2. The van der Waals surface area contributed by atoms with Crippen LogP contribution >= 0.6 is 0 Å². The zero-order valence-corrected chi connectivity index (χ0v) is 10.5. The molecule has 1 heterocycles. The van der Waals surface area contributed by atoms with Gasteiger partial charge in [-0.1, -0.05) is 6.92 Å². The molecule has 0 fully saturated rings. The first-order chi connectivity index (χ1) is 8.69. The van der Waals surface area contributed by atoms with E-state index in [9.17, 15) is 21.6 Å². The molecule has 0 aliphatic carbocycles. The van der Waals surface area contributed by atoms with Crippen LogP contribution in [0.5, 0.6) is 5.88 Å². The van der Waals surface area contributed by atoms with Gasteiger partial charge in [-0.15, -0.1) is 13.2 Å². The molecule has 0 amide bonds.